The van der Waals surface area contributed by atoms with E-state index in [0.29, 0.717) is 16.6 Å². The molecule has 0 fully saturated rings. The van der Waals surface area contributed by atoms with Crippen molar-refractivity contribution < 1.29 is 18.7 Å². The van der Waals surface area contributed by atoms with E-state index in [1.165, 1.54) is 28.7 Å². The molecule has 2 atom stereocenters. The third kappa shape index (κ3) is 3.92. The summed E-state index contributed by atoms with van der Waals surface area (Å²) in [6.07, 6.45) is 2.63. The highest BCUT2D eigenvalue weighted by molar-refractivity contribution is 7.13. The molecule has 0 radical (unpaired) electrons. The van der Waals surface area contributed by atoms with Gasteiger partial charge in [-0.25, -0.2) is 23.4 Å². The van der Waals surface area contributed by atoms with Crippen LogP contribution in [-0.4, -0.2) is 36.8 Å². The minimum Gasteiger partial charge on any atom is -0.381 e. The molecule has 1 amide bonds. The van der Waals surface area contributed by atoms with Gasteiger partial charge in [-0.05, 0) is 26.8 Å². The summed E-state index contributed by atoms with van der Waals surface area (Å²) in [5, 5.41) is 18.8. The lowest BCUT2D eigenvalue weighted by atomic mass is 9.86. The first-order valence-corrected chi connectivity index (χ1v) is 9.27. The molecule has 0 aliphatic heterocycles. The number of hydrogen-bond acceptors (Lipinski definition) is 6. The molecule has 3 aromatic rings. The Morgan fingerprint density at radius 3 is 2.71 bits per heavy atom. The van der Waals surface area contributed by atoms with E-state index in [9.17, 15) is 18.7 Å². The highest BCUT2D eigenvalue weighted by Crippen LogP contribution is 2.30. The van der Waals surface area contributed by atoms with Crippen LogP contribution in [0.3, 0.4) is 0 Å². The first-order valence-electron chi connectivity index (χ1n) is 8.46. The number of aliphatic hydroxyl groups is 1. The Balaban J connectivity index is 1.95. The number of aromatic nitrogens is 4. The number of aryl methyl sites for hydroxylation is 2. The van der Waals surface area contributed by atoms with Crippen molar-refractivity contribution in [2.75, 3.05) is 0 Å². The molecule has 1 aromatic carbocycles. The van der Waals surface area contributed by atoms with Gasteiger partial charge < -0.3 is 10.4 Å². The number of amides is 1. The lowest BCUT2D eigenvalue weighted by Crippen LogP contribution is -2.51. The quantitative estimate of drug-likeness (QED) is 0.654. The maximum Gasteiger partial charge on any atom is 0.263 e. The van der Waals surface area contributed by atoms with E-state index in [1.807, 2.05) is 0 Å². The second-order valence-electron chi connectivity index (χ2n) is 6.48. The molecule has 2 heterocycles. The number of carbonyl (C=O) groups excluding carboxylic acids is 1. The molecule has 148 valence electrons. The monoisotopic (exact) mass is 407 g/mol. The predicted molar refractivity (Wildman–Crippen MR) is 98.8 cm³/mol. The molecule has 7 nitrogen and oxygen atoms in total. The lowest BCUT2D eigenvalue weighted by molar-refractivity contribution is -0.0185. The number of nitrogens with one attached hydrogen (secondary N) is 1. The van der Waals surface area contributed by atoms with Gasteiger partial charge in [0.05, 0.1) is 23.3 Å². The molecule has 10 heteroatoms. The fourth-order valence-electron chi connectivity index (χ4n) is 2.98. The van der Waals surface area contributed by atoms with Crippen molar-refractivity contribution in [3.05, 3.63) is 63.6 Å². The standard InChI is InChI=1S/C18H19F2N5O2S/c1-10-16(28-12(3)23-10)17(26)24-11(2)18(27,7-25-9-21-8-22-25)14-5-4-13(19)6-15(14)20/h4-6,8-9,11,27H,7H2,1-3H3,(H,24,26). The van der Waals surface area contributed by atoms with Crippen LogP contribution in [0.1, 0.15) is 32.9 Å². The highest BCUT2D eigenvalue weighted by Gasteiger charge is 2.40. The van der Waals surface area contributed by atoms with Gasteiger partial charge >= 0.3 is 0 Å². The lowest BCUT2D eigenvalue weighted by Gasteiger charge is -2.35. The third-order valence-electron chi connectivity index (χ3n) is 4.44. The van der Waals surface area contributed by atoms with Crippen LogP contribution in [0.25, 0.3) is 0 Å². The number of benzene rings is 1. The molecule has 0 bridgehead atoms. The van der Waals surface area contributed by atoms with Gasteiger partial charge in [0, 0.05) is 11.6 Å². The summed E-state index contributed by atoms with van der Waals surface area (Å²) in [5.41, 5.74) is -1.50. The first kappa shape index (κ1) is 20.0. The zero-order valence-corrected chi connectivity index (χ0v) is 16.3. The molecule has 0 spiro atoms. The Bertz CT molecular complexity index is 992. The fraction of sp³-hybridized carbons (Fsp3) is 0.333. The SMILES string of the molecule is Cc1nc(C)c(C(=O)NC(C)C(O)(Cn2cncn2)c2ccc(F)cc2F)s1. The van der Waals surface area contributed by atoms with E-state index in [0.717, 1.165) is 17.1 Å². The van der Waals surface area contributed by atoms with Gasteiger partial charge in [-0.1, -0.05) is 6.07 Å². The molecule has 0 saturated carbocycles. The van der Waals surface area contributed by atoms with E-state index in [2.05, 4.69) is 20.4 Å². The number of rotatable bonds is 6. The van der Waals surface area contributed by atoms with Crippen molar-refractivity contribution in [3.8, 4) is 0 Å². The van der Waals surface area contributed by atoms with Crippen LogP contribution in [0.5, 0.6) is 0 Å². The van der Waals surface area contributed by atoms with Crippen LogP contribution in [0.4, 0.5) is 8.78 Å². The van der Waals surface area contributed by atoms with Gasteiger partial charge in [-0.15, -0.1) is 11.3 Å². The second-order valence-corrected chi connectivity index (χ2v) is 7.69. The molecule has 0 aliphatic rings. The van der Waals surface area contributed by atoms with Gasteiger partial charge in [0.25, 0.3) is 5.91 Å². The molecular formula is C18H19F2N5O2S. The Morgan fingerprint density at radius 1 is 1.39 bits per heavy atom. The van der Waals surface area contributed by atoms with Crippen molar-refractivity contribution in [2.24, 2.45) is 0 Å². The van der Waals surface area contributed by atoms with Crippen LogP contribution < -0.4 is 5.32 Å². The topological polar surface area (TPSA) is 92.9 Å². The van der Waals surface area contributed by atoms with E-state index in [-0.39, 0.29) is 12.1 Å². The van der Waals surface area contributed by atoms with Crippen molar-refractivity contribution in [2.45, 2.75) is 39.0 Å². The van der Waals surface area contributed by atoms with Gasteiger partial charge in [-0.2, -0.15) is 5.10 Å². The Labute approximate surface area is 164 Å². The summed E-state index contributed by atoms with van der Waals surface area (Å²) < 4.78 is 29.2. The van der Waals surface area contributed by atoms with E-state index in [4.69, 9.17) is 0 Å². The third-order valence-corrected chi connectivity index (χ3v) is 5.51. The van der Waals surface area contributed by atoms with Crippen molar-refractivity contribution >= 4 is 17.2 Å². The van der Waals surface area contributed by atoms with Gasteiger partial charge in [0.15, 0.2) is 0 Å². The number of carbonyl (C=O) groups is 1. The summed E-state index contributed by atoms with van der Waals surface area (Å²) in [6.45, 7) is 4.84. The van der Waals surface area contributed by atoms with Crippen LogP contribution in [0.2, 0.25) is 0 Å². The van der Waals surface area contributed by atoms with Crippen LogP contribution in [0, 0.1) is 25.5 Å². The van der Waals surface area contributed by atoms with Crippen LogP contribution >= 0.6 is 11.3 Å². The number of thiazole rings is 1. The Morgan fingerprint density at radius 2 is 2.14 bits per heavy atom. The summed E-state index contributed by atoms with van der Waals surface area (Å²) >= 11 is 1.23. The predicted octanol–water partition coefficient (Wildman–Crippen LogP) is 2.34. The van der Waals surface area contributed by atoms with Crippen LogP contribution in [0.15, 0.2) is 30.9 Å². The summed E-state index contributed by atoms with van der Waals surface area (Å²) in [7, 11) is 0. The molecule has 28 heavy (non-hydrogen) atoms. The van der Waals surface area contributed by atoms with Crippen LogP contribution in [-0.2, 0) is 12.1 Å². The maximum absolute atomic E-state index is 14.5. The first-order chi connectivity index (χ1) is 13.2. The molecule has 0 saturated heterocycles. The fourth-order valence-corrected chi connectivity index (χ4v) is 3.80. The Hall–Kier alpha value is -2.72. The average Bonchev–Trinajstić information content (AvgIpc) is 3.23. The molecule has 3 rings (SSSR count). The zero-order valence-electron chi connectivity index (χ0n) is 15.5. The minimum atomic E-state index is -1.91. The molecule has 2 unspecified atom stereocenters. The molecular weight excluding hydrogens is 388 g/mol. The average molecular weight is 407 g/mol. The minimum absolute atomic E-state index is 0.158. The second kappa shape index (κ2) is 7.72. The van der Waals surface area contributed by atoms with E-state index < -0.39 is 29.2 Å². The van der Waals surface area contributed by atoms with Crippen molar-refractivity contribution in [1.82, 2.24) is 25.1 Å². The van der Waals surface area contributed by atoms with Crippen molar-refractivity contribution in [3.63, 3.8) is 0 Å². The normalized spacial score (nSPS) is 14.5. The maximum atomic E-state index is 14.5. The van der Waals surface area contributed by atoms with Gasteiger partial charge in [0.1, 0.15) is 34.8 Å². The summed E-state index contributed by atoms with van der Waals surface area (Å²) in [6, 6.07) is 1.96. The molecule has 0 aliphatic carbocycles. The van der Waals surface area contributed by atoms with Crippen molar-refractivity contribution in [1.29, 1.82) is 0 Å². The summed E-state index contributed by atoms with van der Waals surface area (Å²) in [4.78, 5) is 21.1. The summed E-state index contributed by atoms with van der Waals surface area (Å²) in [5.74, 6) is -2.12. The van der Waals surface area contributed by atoms with E-state index >= 15 is 0 Å². The van der Waals surface area contributed by atoms with Gasteiger partial charge in [-0.3, -0.25) is 4.79 Å². The zero-order chi connectivity index (χ0) is 20.5. The molecule has 2 aromatic heterocycles. The molecule has 2 N–H and O–H groups in total. The highest BCUT2D eigenvalue weighted by atomic mass is 32.1. The largest absolute Gasteiger partial charge is 0.381 e. The van der Waals surface area contributed by atoms with E-state index in [1.54, 1.807) is 20.8 Å². The Kier molecular flexibility index (Phi) is 5.52. The van der Waals surface area contributed by atoms with Gasteiger partial charge in [0.2, 0.25) is 0 Å². The smallest absolute Gasteiger partial charge is 0.263 e. The number of hydrogen-bond donors (Lipinski definition) is 2. The number of halogens is 2. The number of nitrogens with zero attached hydrogens (tertiary/aromatic N) is 4.